The van der Waals surface area contributed by atoms with Crippen LogP contribution in [0, 0.1) is 17.5 Å². The van der Waals surface area contributed by atoms with Gasteiger partial charge in [-0.2, -0.15) is 10.2 Å². The quantitative estimate of drug-likeness (QED) is 0.438. The average molecular weight is 454 g/mol. The van der Waals surface area contributed by atoms with Crippen LogP contribution in [-0.2, 0) is 13.5 Å². The normalized spacial score (nSPS) is 18.1. The van der Waals surface area contributed by atoms with Crippen LogP contribution in [0.15, 0.2) is 36.9 Å². The van der Waals surface area contributed by atoms with Crippen LogP contribution in [0.25, 0.3) is 16.8 Å². The topological polar surface area (TPSA) is 68.3 Å². The summed E-state index contributed by atoms with van der Waals surface area (Å²) < 4.78 is 44.6. The molecule has 7 nitrogen and oxygen atoms in total. The highest BCUT2D eigenvalue weighted by Crippen LogP contribution is 2.40. The van der Waals surface area contributed by atoms with E-state index in [4.69, 9.17) is 0 Å². The third-order valence-corrected chi connectivity index (χ3v) is 6.34. The minimum Gasteiger partial charge on any atom is -0.327 e. The summed E-state index contributed by atoms with van der Waals surface area (Å²) >= 11 is 0. The predicted molar refractivity (Wildman–Crippen MR) is 114 cm³/mol. The van der Waals surface area contributed by atoms with Gasteiger partial charge in [-0.15, -0.1) is 0 Å². The molecule has 0 saturated heterocycles. The summed E-state index contributed by atoms with van der Waals surface area (Å²) in [5.74, 6) is -4.20. The summed E-state index contributed by atoms with van der Waals surface area (Å²) in [6.45, 7) is 3.86. The molecule has 1 aromatic carbocycles. The van der Waals surface area contributed by atoms with Gasteiger partial charge in [0.25, 0.3) is 5.91 Å². The van der Waals surface area contributed by atoms with E-state index in [0.717, 1.165) is 17.7 Å². The number of aromatic nitrogens is 5. The van der Waals surface area contributed by atoms with E-state index in [-0.39, 0.29) is 17.5 Å². The van der Waals surface area contributed by atoms with Crippen molar-refractivity contribution in [3.8, 4) is 11.3 Å². The van der Waals surface area contributed by atoms with Crippen molar-refractivity contribution < 1.29 is 18.0 Å². The van der Waals surface area contributed by atoms with Crippen molar-refractivity contribution in [3.05, 3.63) is 71.2 Å². The summed E-state index contributed by atoms with van der Waals surface area (Å²) in [4.78, 5) is 19.5. The molecule has 2 atom stereocenters. The SMILES string of the molecule is CCC1Cc2c(nn(C)c2-c2cc(F)c(F)c(F)c2)C(C)N1C(=O)c1cnn2ccncc12. The summed E-state index contributed by atoms with van der Waals surface area (Å²) in [5.41, 5.74) is 3.21. The first-order valence-electron chi connectivity index (χ1n) is 10.6. The maximum Gasteiger partial charge on any atom is 0.258 e. The maximum absolute atomic E-state index is 14.0. The van der Waals surface area contributed by atoms with Crippen molar-refractivity contribution >= 4 is 11.4 Å². The number of aryl methyl sites for hydroxylation is 1. The molecule has 170 valence electrons. The minimum atomic E-state index is -1.51. The van der Waals surface area contributed by atoms with Gasteiger partial charge in [-0.25, -0.2) is 17.7 Å². The fourth-order valence-electron chi connectivity index (χ4n) is 4.78. The van der Waals surface area contributed by atoms with Crippen molar-refractivity contribution in [2.45, 2.75) is 38.8 Å². The first kappa shape index (κ1) is 21.2. The highest BCUT2D eigenvalue weighted by molar-refractivity contribution is 6.01. The van der Waals surface area contributed by atoms with Gasteiger partial charge in [0, 0.05) is 36.6 Å². The molecule has 1 amide bonds. The van der Waals surface area contributed by atoms with E-state index >= 15 is 0 Å². The number of carbonyl (C=O) groups is 1. The second-order valence-electron chi connectivity index (χ2n) is 8.21. The first-order valence-corrected chi connectivity index (χ1v) is 10.6. The Morgan fingerprint density at radius 1 is 1.18 bits per heavy atom. The van der Waals surface area contributed by atoms with Crippen molar-refractivity contribution in [3.63, 3.8) is 0 Å². The number of nitrogens with zero attached hydrogens (tertiary/aromatic N) is 6. The Hall–Kier alpha value is -3.69. The molecule has 0 radical (unpaired) electrons. The Morgan fingerprint density at radius 2 is 1.91 bits per heavy atom. The zero-order valence-electron chi connectivity index (χ0n) is 18.3. The second kappa shape index (κ2) is 7.72. The van der Waals surface area contributed by atoms with E-state index < -0.39 is 23.5 Å². The van der Waals surface area contributed by atoms with Crippen LogP contribution in [0.4, 0.5) is 13.2 Å². The van der Waals surface area contributed by atoms with Gasteiger partial charge >= 0.3 is 0 Å². The van der Waals surface area contributed by atoms with E-state index in [1.165, 1.54) is 10.9 Å². The lowest BCUT2D eigenvalue weighted by Gasteiger charge is -2.39. The Kier molecular flexibility index (Phi) is 4.95. The highest BCUT2D eigenvalue weighted by Gasteiger charge is 2.39. The molecule has 4 aromatic rings. The molecule has 0 aliphatic carbocycles. The smallest absolute Gasteiger partial charge is 0.258 e. The second-order valence-corrected chi connectivity index (χ2v) is 8.21. The zero-order chi connectivity index (χ0) is 23.4. The first-order chi connectivity index (χ1) is 15.8. The van der Waals surface area contributed by atoms with Gasteiger partial charge in [-0.05, 0) is 31.9 Å². The number of carbonyl (C=O) groups excluding carboxylic acids is 1. The fourth-order valence-corrected chi connectivity index (χ4v) is 4.78. The lowest BCUT2D eigenvalue weighted by molar-refractivity contribution is 0.0547. The molecule has 0 fully saturated rings. The fraction of sp³-hybridized carbons (Fsp3) is 0.304. The number of amides is 1. The molecule has 3 aromatic heterocycles. The Bertz CT molecular complexity index is 1370. The molecule has 1 aliphatic heterocycles. The number of hydrogen-bond acceptors (Lipinski definition) is 4. The average Bonchev–Trinajstić information content (AvgIpc) is 3.37. The van der Waals surface area contributed by atoms with Crippen LogP contribution >= 0.6 is 0 Å². The zero-order valence-corrected chi connectivity index (χ0v) is 18.3. The monoisotopic (exact) mass is 454 g/mol. The number of benzene rings is 1. The van der Waals surface area contributed by atoms with Crippen LogP contribution in [0.2, 0.25) is 0 Å². The molecular formula is C23H21F3N6O. The van der Waals surface area contributed by atoms with Gasteiger partial charge in [0.2, 0.25) is 0 Å². The molecule has 10 heteroatoms. The van der Waals surface area contributed by atoms with Crippen LogP contribution in [0.1, 0.15) is 47.9 Å². The van der Waals surface area contributed by atoms with Crippen LogP contribution < -0.4 is 0 Å². The Labute approximate surface area is 187 Å². The molecule has 33 heavy (non-hydrogen) atoms. The molecule has 0 N–H and O–H groups in total. The summed E-state index contributed by atoms with van der Waals surface area (Å²) in [6, 6.07) is 1.38. The lowest BCUT2D eigenvalue weighted by Crippen LogP contribution is -2.46. The molecule has 0 saturated carbocycles. The van der Waals surface area contributed by atoms with Gasteiger partial charge < -0.3 is 4.90 Å². The van der Waals surface area contributed by atoms with Crippen LogP contribution in [-0.4, -0.2) is 41.2 Å². The van der Waals surface area contributed by atoms with E-state index in [1.807, 2.05) is 13.8 Å². The van der Waals surface area contributed by atoms with E-state index in [1.54, 1.807) is 35.1 Å². The number of hydrogen-bond donors (Lipinski definition) is 0. The number of rotatable bonds is 3. The Balaban J connectivity index is 1.60. The van der Waals surface area contributed by atoms with Crippen molar-refractivity contribution in [1.29, 1.82) is 0 Å². The molecular weight excluding hydrogens is 433 g/mol. The van der Waals surface area contributed by atoms with Gasteiger partial charge in [0.1, 0.15) is 0 Å². The van der Waals surface area contributed by atoms with Gasteiger partial charge in [0.05, 0.1) is 40.9 Å². The summed E-state index contributed by atoms with van der Waals surface area (Å²) in [5, 5.41) is 8.83. The highest BCUT2D eigenvalue weighted by atomic mass is 19.2. The van der Waals surface area contributed by atoms with Crippen molar-refractivity contribution in [1.82, 2.24) is 29.3 Å². The minimum absolute atomic E-state index is 0.176. The summed E-state index contributed by atoms with van der Waals surface area (Å²) in [7, 11) is 1.67. The molecule has 2 unspecified atom stereocenters. The molecule has 0 bridgehead atoms. The molecule has 1 aliphatic rings. The Morgan fingerprint density at radius 3 is 2.61 bits per heavy atom. The van der Waals surface area contributed by atoms with Crippen molar-refractivity contribution in [2.75, 3.05) is 0 Å². The number of halogens is 3. The standard InChI is InChI=1S/C23H21F3N6O/c1-4-14-9-15-21(29-30(3)22(15)13-7-17(24)20(26)18(25)8-13)12(2)32(14)23(33)16-10-28-31-6-5-27-11-19(16)31/h5-8,10-12,14H,4,9H2,1-3H3. The third-order valence-electron chi connectivity index (χ3n) is 6.34. The number of fused-ring (bicyclic) bond motifs is 2. The van der Waals surface area contributed by atoms with Gasteiger partial charge in [-0.1, -0.05) is 6.92 Å². The van der Waals surface area contributed by atoms with Crippen molar-refractivity contribution in [2.24, 2.45) is 7.05 Å². The lowest BCUT2D eigenvalue weighted by atomic mass is 9.89. The van der Waals surface area contributed by atoms with E-state index in [2.05, 4.69) is 15.2 Å². The summed E-state index contributed by atoms with van der Waals surface area (Å²) in [6.07, 6.45) is 7.50. The van der Waals surface area contributed by atoms with Crippen LogP contribution in [0.5, 0.6) is 0 Å². The van der Waals surface area contributed by atoms with Gasteiger partial charge in [-0.3, -0.25) is 14.5 Å². The third kappa shape index (κ3) is 3.20. The van der Waals surface area contributed by atoms with E-state index in [9.17, 15) is 18.0 Å². The maximum atomic E-state index is 14.0. The molecule has 4 heterocycles. The largest absolute Gasteiger partial charge is 0.327 e. The molecule has 0 spiro atoms. The predicted octanol–water partition coefficient (Wildman–Crippen LogP) is 4.09. The van der Waals surface area contributed by atoms with E-state index in [0.29, 0.717) is 35.3 Å². The van der Waals surface area contributed by atoms with Gasteiger partial charge in [0.15, 0.2) is 17.5 Å². The van der Waals surface area contributed by atoms with Crippen LogP contribution in [0.3, 0.4) is 0 Å². The molecule has 5 rings (SSSR count).